The van der Waals surface area contributed by atoms with Crippen molar-refractivity contribution < 1.29 is 19.4 Å². The average molecular weight is 256 g/mol. The lowest BCUT2D eigenvalue weighted by Gasteiger charge is -2.22. The van der Waals surface area contributed by atoms with Crippen molar-refractivity contribution in [1.29, 1.82) is 5.26 Å². The van der Waals surface area contributed by atoms with Gasteiger partial charge in [0.1, 0.15) is 0 Å². The zero-order valence-corrected chi connectivity index (χ0v) is 10.9. The van der Waals surface area contributed by atoms with E-state index in [1.54, 1.807) is 18.9 Å². The number of nitriles is 1. The van der Waals surface area contributed by atoms with Crippen molar-refractivity contribution in [2.75, 3.05) is 26.8 Å². The summed E-state index contributed by atoms with van der Waals surface area (Å²) in [6.07, 6.45) is 0.423. The van der Waals surface area contributed by atoms with Crippen LogP contribution in [0.2, 0.25) is 0 Å². The molecule has 0 saturated heterocycles. The molecular formula is C12H20N2O4. The summed E-state index contributed by atoms with van der Waals surface area (Å²) in [6, 6.07) is 1.99. The van der Waals surface area contributed by atoms with Gasteiger partial charge in [0.15, 0.2) is 0 Å². The third-order valence-electron chi connectivity index (χ3n) is 2.46. The van der Waals surface area contributed by atoms with E-state index in [4.69, 9.17) is 15.1 Å². The number of carboxylic acid groups (broad SMARTS) is 1. The molecule has 1 N–H and O–H groups in total. The number of methoxy groups -OCH3 is 1. The van der Waals surface area contributed by atoms with Gasteiger partial charge in [-0.1, -0.05) is 6.92 Å². The molecule has 1 unspecified atom stereocenters. The van der Waals surface area contributed by atoms with Crippen LogP contribution in [-0.2, 0) is 14.3 Å². The molecule has 1 atom stereocenters. The summed E-state index contributed by atoms with van der Waals surface area (Å²) < 4.78 is 4.90. The third kappa shape index (κ3) is 7.63. The van der Waals surface area contributed by atoms with Crippen molar-refractivity contribution in [3.05, 3.63) is 0 Å². The maximum absolute atomic E-state index is 11.9. The van der Waals surface area contributed by atoms with Crippen LogP contribution in [0, 0.1) is 17.2 Å². The fourth-order valence-electron chi connectivity index (χ4n) is 1.55. The summed E-state index contributed by atoms with van der Waals surface area (Å²) in [7, 11) is 1.54. The zero-order valence-electron chi connectivity index (χ0n) is 10.9. The van der Waals surface area contributed by atoms with E-state index in [-0.39, 0.29) is 31.1 Å². The van der Waals surface area contributed by atoms with E-state index >= 15 is 0 Å². The van der Waals surface area contributed by atoms with E-state index < -0.39 is 5.97 Å². The molecule has 0 radical (unpaired) electrons. The summed E-state index contributed by atoms with van der Waals surface area (Å²) in [6.45, 7) is 2.92. The second kappa shape index (κ2) is 9.42. The fourth-order valence-corrected chi connectivity index (χ4v) is 1.55. The van der Waals surface area contributed by atoms with Gasteiger partial charge in [-0.3, -0.25) is 9.59 Å². The number of hydrogen-bond donors (Lipinski definition) is 1. The van der Waals surface area contributed by atoms with Gasteiger partial charge in [0.2, 0.25) is 5.91 Å². The number of ether oxygens (including phenoxy) is 1. The number of aliphatic carboxylic acids is 1. The second-order valence-electron chi connectivity index (χ2n) is 4.19. The Morgan fingerprint density at radius 2 is 2.06 bits per heavy atom. The van der Waals surface area contributed by atoms with Crippen LogP contribution in [0.3, 0.4) is 0 Å². The molecule has 0 spiro atoms. The van der Waals surface area contributed by atoms with Crippen LogP contribution >= 0.6 is 0 Å². The average Bonchev–Trinajstić information content (AvgIpc) is 2.27. The van der Waals surface area contributed by atoms with Crippen molar-refractivity contribution in [2.45, 2.75) is 26.2 Å². The largest absolute Gasteiger partial charge is 0.481 e. The highest BCUT2D eigenvalue weighted by Gasteiger charge is 2.17. The molecule has 0 saturated carbocycles. The molecular weight excluding hydrogens is 236 g/mol. The summed E-state index contributed by atoms with van der Waals surface area (Å²) in [5.74, 6) is -1.24. The highest BCUT2D eigenvalue weighted by molar-refractivity contribution is 5.77. The van der Waals surface area contributed by atoms with E-state index in [1.807, 2.05) is 6.07 Å². The van der Waals surface area contributed by atoms with Gasteiger partial charge in [0.25, 0.3) is 0 Å². The zero-order chi connectivity index (χ0) is 14.0. The summed E-state index contributed by atoms with van der Waals surface area (Å²) in [5.41, 5.74) is 0. The van der Waals surface area contributed by atoms with E-state index in [9.17, 15) is 9.59 Å². The minimum Gasteiger partial charge on any atom is -0.481 e. The molecule has 1 amide bonds. The Bertz CT molecular complexity index is 312. The van der Waals surface area contributed by atoms with Gasteiger partial charge in [0.05, 0.1) is 19.1 Å². The van der Waals surface area contributed by atoms with Crippen LogP contribution in [0.5, 0.6) is 0 Å². The molecule has 0 aliphatic rings. The van der Waals surface area contributed by atoms with Gasteiger partial charge in [-0.25, -0.2) is 0 Å². The van der Waals surface area contributed by atoms with Crippen LogP contribution in [0.25, 0.3) is 0 Å². The predicted octanol–water partition coefficient (Wildman–Crippen LogP) is 0.876. The van der Waals surface area contributed by atoms with Crippen LogP contribution in [0.15, 0.2) is 0 Å². The van der Waals surface area contributed by atoms with Gasteiger partial charge in [-0.2, -0.15) is 5.26 Å². The Morgan fingerprint density at radius 1 is 1.39 bits per heavy atom. The Morgan fingerprint density at radius 3 is 2.56 bits per heavy atom. The number of carbonyl (C=O) groups excluding carboxylic acids is 1. The lowest BCUT2D eigenvalue weighted by atomic mass is 10.0. The quantitative estimate of drug-likeness (QED) is 0.661. The smallest absolute Gasteiger partial charge is 0.303 e. The third-order valence-corrected chi connectivity index (χ3v) is 2.46. The second-order valence-corrected chi connectivity index (χ2v) is 4.19. The lowest BCUT2D eigenvalue weighted by Crippen LogP contribution is -2.35. The number of hydrogen-bond acceptors (Lipinski definition) is 4. The number of carboxylic acids is 1. The topological polar surface area (TPSA) is 90.6 Å². The van der Waals surface area contributed by atoms with Crippen molar-refractivity contribution in [2.24, 2.45) is 5.92 Å². The van der Waals surface area contributed by atoms with Crippen LogP contribution in [-0.4, -0.2) is 48.7 Å². The van der Waals surface area contributed by atoms with Gasteiger partial charge in [0, 0.05) is 33.0 Å². The van der Waals surface area contributed by atoms with Crippen LogP contribution in [0.1, 0.15) is 26.2 Å². The molecule has 0 rings (SSSR count). The Hall–Kier alpha value is -1.61. The fraction of sp³-hybridized carbons (Fsp3) is 0.750. The van der Waals surface area contributed by atoms with Crippen LogP contribution in [0.4, 0.5) is 0 Å². The van der Waals surface area contributed by atoms with Crippen LogP contribution < -0.4 is 0 Å². The SMILES string of the molecule is COCCN(CCC#N)C(=O)CC(C)CC(=O)O. The number of rotatable bonds is 9. The molecule has 6 nitrogen and oxygen atoms in total. The molecule has 0 bridgehead atoms. The standard InChI is InChI=1S/C12H20N2O4/c1-10(9-12(16)17)8-11(15)14(5-3-4-13)6-7-18-2/h10H,3,5-9H2,1-2H3,(H,16,17). The molecule has 0 fully saturated rings. The van der Waals surface area contributed by atoms with Gasteiger partial charge in [-0.15, -0.1) is 0 Å². The van der Waals surface area contributed by atoms with Crippen molar-refractivity contribution in [3.8, 4) is 6.07 Å². The van der Waals surface area contributed by atoms with Crippen molar-refractivity contribution >= 4 is 11.9 Å². The summed E-state index contributed by atoms with van der Waals surface area (Å²) in [5, 5.41) is 17.2. The van der Waals surface area contributed by atoms with Crippen molar-refractivity contribution in [1.82, 2.24) is 4.90 Å². The molecule has 0 aliphatic heterocycles. The molecule has 0 heterocycles. The monoisotopic (exact) mass is 256 g/mol. The van der Waals surface area contributed by atoms with Gasteiger partial charge >= 0.3 is 5.97 Å². The first-order valence-corrected chi connectivity index (χ1v) is 5.86. The van der Waals surface area contributed by atoms with E-state index in [2.05, 4.69) is 0 Å². The molecule has 0 aromatic rings. The summed E-state index contributed by atoms with van der Waals surface area (Å²) in [4.78, 5) is 24.0. The van der Waals surface area contributed by atoms with Crippen molar-refractivity contribution in [3.63, 3.8) is 0 Å². The highest BCUT2D eigenvalue weighted by Crippen LogP contribution is 2.10. The molecule has 6 heteroatoms. The number of amides is 1. The predicted molar refractivity (Wildman–Crippen MR) is 64.7 cm³/mol. The van der Waals surface area contributed by atoms with E-state index in [0.29, 0.717) is 19.7 Å². The Balaban J connectivity index is 4.26. The highest BCUT2D eigenvalue weighted by atomic mass is 16.5. The Kier molecular flexibility index (Phi) is 8.58. The molecule has 18 heavy (non-hydrogen) atoms. The van der Waals surface area contributed by atoms with Gasteiger partial charge in [-0.05, 0) is 5.92 Å². The molecule has 0 aromatic carbocycles. The minimum absolute atomic E-state index is 0.0257. The maximum Gasteiger partial charge on any atom is 0.303 e. The molecule has 102 valence electrons. The lowest BCUT2D eigenvalue weighted by molar-refractivity contribution is -0.138. The Labute approximate surface area is 107 Å². The number of carbonyl (C=O) groups is 2. The summed E-state index contributed by atoms with van der Waals surface area (Å²) >= 11 is 0. The van der Waals surface area contributed by atoms with E-state index in [0.717, 1.165) is 0 Å². The first-order valence-electron chi connectivity index (χ1n) is 5.86. The maximum atomic E-state index is 11.9. The normalized spacial score (nSPS) is 11.6. The molecule has 0 aromatic heterocycles. The number of nitrogens with zero attached hydrogens (tertiary/aromatic N) is 2. The first kappa shape index (κ1) is 16.4. The molecule has 0 aliphatic carbocycles. The van der Waals surface area contributed by atoms with Gasteiger partial charge < -0.3 is 14.7 Å². The van der Waals surface area contributed by atoms with E-state index in [1.165, 1.54) is 0 Å². The first-order chi connectivity index (χ1) is 8.51. The minimum atomic E-state index is -0.907.